The molecule has 5 rings (SSSR count). The molecule has 1 aliphatic heterocycles. The molecule has 0 unspecified atom stereocenters. The molecule has 6 nitrogen and oxygen atoms in total. The molecule has 32 heavy (non-hydrogen) atoms. The third-order valence-electron chi connectivity index (χ3n) is 6.35. The van der Waals surface area contributed by atoms with Gasteiger partial charge in [-0.05, 0) is 43.4 Å². The third-order valence-corrected chi connectivity index (χ3v) is 8.58. The number of nitriles is 1. The summed E-state index contributed by atoms with van der Waals surface area (Å²) in [5.41, 5.74) is 2.95. The zero-order valence-electron chi connectivity index (χ0n) is 18.1. The average Bonchev–Trinajstić information content (AvgIpc) is 3.38. The molecule has 3 aromatic rings. The summed E-state index contributed by atoms with van der Waals surface area (Å²) in [6.45, 7) is 5.58. The smallest absolute Gasteiger partial charge is 0.226 e. The number of thiazole rings is 1. The quantitative estimate of drug-likeness (QED) is 0.589. The van der Waals surface area contributed by atoms with Crippen molar-refractivity contribution in [2.75, 3.05) is 38.0 Å². The highest BCUT2D eigenvalue weighted by Crippen LogP contribution is 2.37. The number of fused-ring (bicyclic) bond motifs is 2. The van der Waals surface area contributed by atoms with Crippen molar-refractivity contribution >= 4 is 43.8 Å². The molecule has 1 N–H and O–H groups in total. The number of anilines is 1. The molecule has 0 radical (unpaired) electrons. The number of piperazine rings is 1. The second kappa shape index (κ2) is 9.67. The number of aromatic nitrogens is 1. The Morgan fingerprint density at radius 2 is 1.88 bits per heavy atom. The van der Waals surface area contributed by atoms with E-state index < -0.39 is 0 Å². The molecular formula is C24H27N5OS2. The molecule has 2 aromatic heterocycles. The number of hydrogen-bond donors (Lipinski definition) is 1. The van der Waals surface area contributed by atoms with Crippen LogP contribution in [0, 0.1) is 11.3 Å². The normalized spacial score (nSPS) is 17.2. The van der Waals surface area contributed by atoms with Gasteiger partial charge in [-0.15, -0.1) is 22.7 Å². The predicted molar refractivity (Wildman–Crippen MR) is 130 cm³/mol. The number of hydrogen-bond acceptors (Lipinski definition) is 7. The first-order chi connectivity index (χ1) is 15.7. The number of benzene rings is 1. The van der Waals surface area contributed by atoms with Crippen LogP contribution in [0.1, 0.15) is 40.3 Å². The number of carbonyl (C=O) groups excluding carboxylic acids is 1. The maximum Gasteiger partial charge on any atom is 0.226 e. The predicted octanol–water partition coefficient (Wildman–Crippen LogP) is 4.25. The maximum atomic E-state index is 12.6. The van der Waals surface area contributed by atoms with Crippen molar-refractivity contribution in [3.63, 3.8) is 0 Å². The fourth-order valence-corrected chi connectivity index (χ4v) is 6.84. The Labute approximate surface area is 196 Å². The van der Waals surface area contributed by atoms with E-state index in [9.17, 15) is 10.1 Å². The van der Waals surface area contributed by atoms with Gasteiger partial charge in [-0.3, -0.25) is 9.69 Å². The number of thiophene rings is 1. The van der Waals surface area contributed by atoms with Gasteiger partial charge in [0, 0.05) is 44.0 Å². The van der Waals surface area contributed by atoms with Gasteiger partial charge in [0.2, 0.25) is 5.91 Å². The molecule has 0 saturated carbocycles. The van der Waals surface area contributed by atoms with Crippen LogP contribution in [0.25, 0.3) is 10.2 Å². The lowest BCUT2D eigenvalue weighted by molar-refractivity contribution is -0.116. The molecule has 0 bridgehead atoms. The van der Waals surface area contributed by atoms with Crippen molar-refractivity contribution in [3.8, 4) is 6.07 Å². The molecule has 1 saturated heterocycles. The maximum absolute atomic E-state index is 12.6. The second-order valence-electron chi connectivity index (χ2n) is 8.52. The lowest BCUT2D eigenvalue weighted by Crippen LogP contribution is -2.46. The van der Waals surface area contributed by atoms with Crippen molar-refractivity contribution in [2.24, 2.45) is 0 Å². The Kier molecular flexibility index (Phi) is 6.51. The minimum Gasteiger partial charge on any atom is -0.317 e. The standard InChI is InChI=1S/C24H27N5OS2/c25-15-18-17-5-1-3-7-20(17)32-24(18)27-22(30)9-10-28-11-13-29(14-12-28)16-23-26-19-6-2-4-8-21(19)31-23/h2,4,6,8H,1,3,5,7,9-14,16H2,(H,27,30). The van der Waals surface area contributed by atoms with Crippen LogP contribution in [-0.4, -0.2) is 53.4 Å². The zero-order valence-corrected chi connectivity index (χ0v) is 19.7. The number of nitrogens with zero attached hydrogens (tertiary/aromatic N) is 4. The van der Waals surface area contributed by atoms with Crippen molar-refractivity contribution in [3.05, 3.63) is 45.3 Å². The molecular weight excluding hydrogens is 438 g/mol. The molecule has 166 valence electrons. The van der Waals surface area contributed by atoms with Crippen LogP contribution in [-0.2, 0) is 24.2 Å². The summed E-state index contributed by atoms with van der Waals surface area (Å²) < 4.78 is 1.25. The van der Waals surface area contributed by atoms with Gasteiger partial charge >= 0.3 is 0 Å². The number of para-hydroxylation sites is 1. The Hall–Kier alpha value is -2.31. The van der Waals surface area contributed by atoms with Crippen molar-refractivity contribution in [1.82, 2.24) is 14.8 Å². The van der Waals surface area contributed by atoms with Gasteiger partial charge in [-0.25, -0.2) is 4.98 Å². The third kappa shape index (κ3) is 4.71. The van der Waals surface area contributed by atoms with E-state index in [1.807, 2.05) is 6.07 Å². The van der Waals surface area contributed by atoms with Crippen LogP contribution in [0.5, 0.6) is 0 Å². The Bertz CT molecular complexity index is 1120. The summed E-state index contributed by atoms with van der Waals surface area (Å²) >= 11 is 3.38. The van der Waals surface area contributed by atoms with Crippen molar-refractivity contribution in [2.45, 2.75) is 38.6 Å². The van der Waals surface area contributed by atoms with E-state index >= 15 is 0 Å². The van der Waals surface area contributed by atoms with Gasteiger partial charge in [-0.1, -0.05) is 12.1 Å². The van der Waals surface area contributed by atoms with E-state index in [0.717, 1.165) is 69.0 Å². The van der Waals surface area contributed by atoms with Crippen LogP contribution < -0.4 is 5.32 Å². The van der Waals surface area contributed by atoms with Gasteiger partial charge in [0.15, 0.2) is 0 Å². The lowest BCUT2D eigenvalue weighted by Gasteiger charge is -2.34. The number of amides is 1. The van der Waals surface area contributed by atoms with Gasteiger partial charge in [0.25, 0.3) is 0 Å². The summed E-state index contributed by atoms with van der Waals surface area (Å²) in [7, 11) is 0. The average molecular weight is 466 g/mol. The highest BCUT2D eigenvalue weighted by molar-refractivity contribution is 7.18. The monoisotopic (exact) mass is 465 g/mol. The SMILES string of the molecule is N#Cc1c(NC(=O)CCN2CCN(Cc3nc4ccccc4s3)CC2)sc2c1CCCC2. The molecule has 1 amide bonds. The lowest BCUT2D eigenvalue weighted by atomic mass is 9.96. The summed E-state index contributed by atoms with van der Waals surface area (Å²) in [4.78, 5) is 23.4. The van der Waals surface area contributed by atoms with Gasteiger partial charge in [0.1, 0.15) is 16.1 Å². The van der Waals surface area contributed by atoms with Crippen molar-refractivity contribution in [1.29, 1.82) is 5.26 Å². The topological polar surface area (TPSA) is 72.3 Å². The summed E-state index contributed by atoms with van der Waals surface area (Å²) in [5, 5.41) is 14.5. The molecule has 8 heteroatoms. The molecule has 3 heterocycles. The Morgan fingerprint density at radius 3 is 2.69 bits per heavy atom. The van der Waals surface area contributed by atoms with Crippen molar-refractivity contribution < 1.29 is 4.79 Å². The van der Waals surface area contributed by atoms with Crippen LogP contribution >= 0.6 is 22.7 Å². The van der Waals surface area contributed by atoms with Crippen LogP contribution in [0.3, 0.4) is 0 Å². The first-order valence-electron chi connectivity index (χ1n) is 11.3. The van der Waals surface area contributed by atoms with E-state index in [4.69, 9.17) is 4.98 Å². The fourth-order valence-electron chi connectivity index (χ4n) is 4.57. The molecule has 0 atom stereocenters. The largest absolute Gasteiger partial charge is 0.317 e. The summed E-state index contributed by atoms with van der Waals surface area (Å²) in [6.07, 6.45) is 4.77. The number of aryl methyl sites for hydroxylation is 1. The van der Waals surface area contributed by atoms with Crippen LogP contribution in [0.4, 0.5) is 5.00 Å². The minimum absolute atomic E-state index is 0.0111. The van der Waals surface area contributed by atoms with Gasteiger partial charge in [0.05, 0.1) is 22.3 Å². The fraction of sp³-hybridized carbons (Fsp3) is 0.458. The van der Waals surface area contributed by atoms with Gasteiger partial charge in [-0.2, -0.15) is 5.26 Å². The Morgan fingerprint density at radius 1 is 1.09 bits per heavy atom. The highest BCUT2D eigenvalue weighted by Gasteiger charge is 2.23. The van der Waals surface area contributed by atoms with Crippen LogP contribution in [0.2, 0.25) is 0 Å². The zero-order chi connectivity index (χ0) is 21.9. The molecule has 1 aromatic carbocycles. The molecule has 0 spiro atoms. The first kappa shape index (κ1) is 21.5. The molecule has 1 aliphatic carbocycles. The first-order valence-corrected chi connectivity index (χ1v) is 13.0. The minimum atomic E-state index is 0.0111. The van der Waals surface area contributed by atoms with E-state index in [-0.39, 0.29) is 5.91 Å². The highest BCUT2D eigenvalue weighted by atomic mass is 32.1. The van der Waals surface area contributed by atoms with Crippen LogP contribution in [0.15, 0.2) is 24.3 Å². The Balaban J connectivity index is 1.09. The van der Waals surface area contributed by atoms with E-state index in [0.29, 0.717) is 12.0 Å². The summed E-state index contributed by atoms with van der Waals surface area (Å²) in [5.74, 6) is 0.0111. The van der Waals surface area contributed by atoms with E-state index in [1.165, 1.54) is 26.6 Å². The number of nitrogens with one attached hydrogen (secondary N) is 1. The number of rotatable bonds is 6. The number of carbonyl (C=O) groups is 1. The van der Waals surface area contributed by atoms with E-state index in [2.05, 4.69) is 39.4 Å². The van der Waals surface area contributed by atoms with Gasteiger partial charge < -0.3 is 10.2 Å². The molecule has 2 aliphatic rings. The molecule has 1 fully saturated rings. The summed E-state index contributed by atoms with van der Waals surface area (Å²) in [6, 6.07) is 10.6. The second-order valence-corrected chi connectivity index (χ2v) is 10.7. The van der Waals surface area contributed by atoms with E-state index in [1.54, 1.807) is 22.7 Å².